The third-order valence-corrected chi connectivity index (χ3v) is 4.89. The number of nitrogens with one attached hydrogen (secondary N) is 2. The number of aromatic nitrogens is 2. The maximum atomic E-state index is 4.72. The number of nitrogens with zero attached hydrogens (tertiary/aromatic N) is 3. The highest BCUT2D eigenvalue weighted by Gasteiger charge is 2.04. The Kier molecular flexibility index (Phi) is 6.06. The number of fused-ring (bicyclic) bond motifs is 1. The summed E-state index contributed by atoms with van der Waals surface area (Å²) in [6.45, 7) is 6.64. The van der Waals surface area contributed by atoms with Gasteiger partial charge in [-0.25, -0.2) is 4.98 Å². The van der Waals surface area contributed by atoms with Crippen LogP contribution in [0.2, 0.25) is 0 Å². The molecule has 0 aliphatic carbocycles. The van der Waals surface area contributed by atoms with Crippen LogP contribution in [-0.2, 0) is 12.8 Å². The van der Waals surface area contributed by atoms with E-state index in [2.05, 4.69) is 69.7 Å². The van der Waals surface area contributed by atoms with E-state index in [9.17, 15) is 0 Å². The molecule has 3 aromatic rings. The number of aliphatic imine (C=N–C) groups is 1. The van der Waals surface area contributed by atoms with Gasteiger partial charge in [-0.1, -0.05) is 12.1 Å². The molecule has 0 bridgehead atoms. The number of imidazole rings is 1. The zero-order chi connectivity index (χ0) is 17.5. The lowest BCUT2D eigenvalue weighted by atomic mass is 10.3. The molecule has 0 aliphatic rings. The molecular formula is C19H25N5S. The average molecular weight is 356 g/mol. The van der Waals surface area contributed by atoms with Crippen molar-refractivity contribution in [3.63, 3.8) is 0 Å². The molecule has 0 saturated carbocycles. The summed E-state index contributed by atoms with van der Waals surface area (Å²) >= 11 is 1.79. The summed E-state index contributed by atoms with van der Waals surface area (Å²) in [7, 11) is 0. The van der Waals surface area contributed by atoms with Crippen molar-refractivity contribution in [2.75, 3.05) is 19.6 Å². The molecule has 5 nitrogen and oxygen atoms in total. The van der Waals surface area contributed by atoms with Gasteiger partial charge in [-0.2, -0.15) is 0 Å². The Bertz CT molecular complexity index is 820. The van der Waals surface area contributed by atoms with Crippen molar-refractivity contribution in [1.82, 2.24) is 20.0 Å². The van der Waals surface area contributed by atoms with E-state index in [1.165, 1.54) is 10.4 Å². The van der Waals surface area contributed by atoms with Gasteiger partial charge in [0.2, 0.25) is 0 Å². The van der Waals surface area contributed by atoms with E-state index >= 15 is 0 Å². The molecule has 6 heteroatoms. The SMILES string of the molecule is CCNC(=NCCc1cccs1)NCCc1cn2cccc(C)c2n1. The molecule has 3 heterocycles. The van der Waals surface area contributed by atoms with Crippen LogP contribution >= 0.6 is 11.3 Å². The van der Waals surface area contributed by atoms with Gasteiger partial charge in [0, 0.05) is 49.7 Å². The minimum atomic E-state index is 0.795. The van der Waals surface area contributed by atoms with E-state index in [0.717, 1.165) is 49.8 Å². The van der Waals surface area contributed by atoms with E-state index in [0.29, 0.717) is 0 Å². The van der Waals surface area contributed by atoms with Gasteiger partial charge < -0.3 is 15.0 Å². The Labute approximate surface area is 152 Å². The first-order valence-electron chi connectivity index (χ1n) is 8.74. The summed E-state index contributed by atoms with van der Waals surface area (Å²) in [4.78, 5) is 10.7. The van der Waals surface area contributed by atoms with E-state index < -0.39 is 0 Å². The number of rotatable bonds is 7. The minimum absolute atomic E-state index is 0.795. The number of thiophene rings is 1. The summed E-state index contributed by atoms with van der Waals surface area (Å²) in [6, 6.07) is 8.39. The first-order chi connectivity index (χ1) is 12.3. The van der Waals surface area contributed by atoms with E-state index in [1.54, 1.807) is 11.3 Å². The highest BCUT2D eigenvalue weighted by atomic mass is 32.1. The van der Waals surface area contributed by atoms with Crippen molar-refractivity contribution in [1.29, 1.82) is 0 Å². The van der Waals surface area contributed by atoms with Gasteiger partial charge in [0.15, 0.2) is 5.96 Å². The van der Waals surface area contributed by atoms with E-state index in [1.807, 2.05) is 6.20 Å². The molecule has 0 radical (unpaired) electrons. The second-order valence-electron chi connectivity index (χ2n) is 5.92. The van der Waals surface area contributed by atoms with Crippen LogP contribution in [0, 0.1) is 6.92 Å². The summed E-state index contributed by atoms with van der Waals surface area (Å²) in [5, 5.41) is 8.81. The fourth-order valence-electron chi connectivity index (χ4n) is 2.71. The van der Waals surface area contributed by atoms with Crippen molar-refractivity contribution in [2.24, 2.45) is 4.99 Å². The molecule has 3 rings (SSSR count). The quantitative estimate of drug-likeness (QED) is 0.506. The molecule has 0 unspecified atom stereocenters. The number of hydrogen-bond donors (Lipinski definition) is 2. The van der Waals surface area contributed by atoms with Crippen LogP contribution in [0.25, 0.3) is 5.65 Å². The van der Waals surface area contributed by atoms with Crippen LogP contribution in [-0.4, -0.2) is 35.0 Å². The number of guanidine groups is 1. The third kappa shape index (κ3) is 4.82. The largest absolute Gasteiger partial charge is 0.357 e. The molecule has 0 spiro atoms. The van der Waals surface area contributed by atoms with Gasteiger partial charge in [0.25, 0.3) is 0 Å². The van der Waals surface area contributed by atoms with Gasteiger partial charge in [-0.3, -0.25) is 4.99 Å². The maximum Gasteiger partial charge on any atom is 0.191 e. The van der Waals surface area contributed by atoms with Crippen LogP contribution in [0.4, 0.5) is 0 Å². The van der Waals surface area contributed by atoms with Crippen molar-refractivity contribution < 1.29 is 0 Å². The van der Waals surface area contributed by atoms with Crippen LogP contribution in [0.1, 0.15) is 23.1 Å². The zero-order valence-electron chi connectivity index (χ0n) is 14.8. The summed E-state index contributed by atoms with van der Waals surface area (Å²) in [6.07, 6.45) is 6.00. The first-order valence-corrected chi connectivity index (χ1v) is 9.62. The average Bonchev–Trinajstić information content (AvgIpc) is 3.25. The lowest BCUT2D eigenvalue weighted by Gasteiger charge is -2.10. The van der Waals surface area contributed by atoms with Crippen LogP contribution in [0.5, 0.6) is 0 Å². The Morgan fingerprint density at radius 3 is 2.92 bits per heavy atom. The van der Waals surface area contributed by atoms with Crippen LogP contribution in [0.3, 0.4) is 0 Å². The van der Waals surface area contributed by atoms with E-state index in [4.69, 9.17) is 4.98 Å². The second-order valence-corrected chi connectivity index (χ2v) is 6.95. The Hall–Kier alpha value is -2.34. The smallest absolute Gasteiger partial charge is 0.191 e. The lowest BCUT2D eigenvalue weighted by Crippen LogP contribution is -2.38. The molecule has 0 atom stereocenters. The molecule has 0 aromatic carbocycles. The topological polar surface area (TPSA) is 53.7 Å². The molecule has 25 heavy (non-hydrogen) atoms. The van der Waals surface area contributed by atoms with Gasteiger partial charge >= 0.3 is 0 Å². The van der Waals surface area contributed by atoms with Crippen LogP contribution < -0.4 is 10.6 Å². The van der Waals surface area contributed by atoms with Crippen molar-refractivity contribution in [2.45, 2.75) is 26.7 Å². The summed E-state index contributed by atoms with van der Waals surface area (Å²) in [5.74, 6) is 0.874. The number of pyridine rings is 1. The molecule has 0 amide bonds. The first kappa shape index (κ1) is 17.5. The van der Waals surface area contributed by atoms with Crippen molar-refractivity contribution in [3.8, 4) is 0 Å². The molecule has 3 aromatic heterocycles. The summed E-state index contributed by atoms with van der Waals surface area (Å²) < 4.78 is 2.09. The number of aryl methyl sites for hydroxylation is 1. The minimum Gasteiger partial charge on any atom is -0.357 e. The maximum absolute atomic E-state index is 4.72. The predicted octanol–water partition coefficient (Wildman–Crippen LogP) is 3.04. The fourth-order valence-corrected chi connectivity index (χ4v) is 3.41. The molecule has 0 aliphatic heterocycles. The molecule has 0 fully saturated rings. The van der Waals surface area contributed by atoms with Gasteiger partial charge in [0.05, 0.1) is 5.69 Å². The second kappa shape index (κ2) is 8.67. The molecular weight excluding hydrogens is 330 g/mol. The zero-order valence-corrected chi connectivity index (χ0v) is 15.6. The standard InChI is InChI=1S/C19H25N5S/c1-3-20-19(22-11-9-17-7-5-13-25-17)21-10-8-16-14-24-12-4-6-15(2)18(24)23-16/h4-7,12-14H,3,8-11H2,1-2H3,(H2,20,21,22). The lowest BCUT2D eigenvalue weighted by molar-refractivity contribution is 0.790. The van der Waals surface area contributed by atoms with Crippen LogP contribution in [0.15, 0.2) is 47.0 Å². The van der Waals surface area contributed by atoms with Gasteiger partial charge in [-0.05, 0) is 36.9 Å². The Balaban J connectivity index is 1.52. The Morgan fingerprint density at radius 1 is 1.24 bits per heavy atom. The van der Waals surface area contributed by atoms with Crippen molar-refractivity contribution in [3.05, 3.63) is 58.2 Å². The summed E-state index contributed by atoms with van der Waals surface area (Å²) in [5.41, 5.74) is 3.33. The highest BCUT2D eigenvalue weighted by Crippen LogP contribution is 2.10. The third-order valence-electron chi connectivity index (χ3n) is 3.95. The molecule has 0 saturated heterocycles. The fraction of sp³-hybridized carbons (Fsp3) is 0.368. The van der Waals surface area contributed by atoms with Gasteiger partial charge in [0.1, 0.15) is 5.65 Å². The van der Waals surface area contributed by atoms with Gasteiger partial charge in [-0.15, -0.1) is 11.3 Å². The predicted molar refractivity (Wildman–Crippen MR) is 106 cm³/mol. The molecule has 132 valence electrons. The number of hydrogen-bond acceptors (Lipinski definition) is 3. The monoisotopic (exact) mass is 355 g/mol. The highest BCUT2D eigenvalue weighted by molar-refractivity contribution is 7.09. The van der Waals surface area contributed by atoms with E-state index in [-0.39, 0.29) is 0 Å². The molecule has 2 N–H and O–H groups in total. The Morgan fingerprint density at radius 2 is 2.16 bits per heavy atom. The normalized spacial score (nSPS) is 11.8. The van der Waals surface area contributed by atoms with Crippen molar-refractivity contribution >= 4 is 22.9 Å².